The van der Waals surface area contributed by atoms with E-state index in [0.29, 0.717) is 12.8 Å². The summed E-state index contributed by atoms with van der Waals surface area (Å²) < 4.78 is 30.1. The molecule has 2 N–H and O–H groups in total. The van der Waals surface area contributed by atoms with Gasteiger partial charge in [-0.25, -0.2) is 19.2 Å². The number of ether oxygens (including phenoxy) is 6. The molecule has 242 valence electrons. The molecule has 10 atom stereocenters. The van der Waals surface area contributed by atoms with E-state index < -0.39 is 108 Å². The zero-order valence-electron chi connectivity index (χ0n) is 24.0. The van der Waals surface area contributed by atoms with Gasteiger partial charge in [-0.2, -0.15) is 0 Å². The molecule has 10 unspecified atom stereocenters. The first-order valence-corrected chi connectivity index (χ1v) is 14.1. The van der Waals surface area contributed by atoms with Gasteiger partial charge in [0.15, 0.2) is 24.0 Å². The molecule has 4 aliphatic carbocycles. The van der Waals surface area contributed by atoms with Crippen molar-refractivity contribution in [1.82, 2.24) is 0 Å². The number of rotatable bonds is 10. The first-order chi connectivity index (χ1) is 21.2. The van der Waals surface area contributed by atoms with Crippen LogP contribution in [0.2, 0.25) is 0 Å². The monoisotopic (exact) mass is 634 g/mol. The molecule has 16 nitrogen and oxygen atoms in total. The Morgan fingerprint density at radius 1 is 0.822 bits per heavy atom. The van der Waals surface area contributed by atoms with Crippen molar-refractivity contribution in [3.8, 4) is 0 Å². The molecule has 6 aliphatic rings. The Balaban J connectivity index is 0.000000178. The Morgan fingerprint density at radius 2 is 1.24 bits per heavy atom. The van der Waals surface area contributed by atoms with Crippen LogP contribution in [0, 0.1) is 34.5 Å². The number of carboxylic acids is 2. The topological polar surface area (TPSA) is 232 Å². The van der Waals surface area contributed by atoms with Crippen LogP contribution in [-0.4, -0.2) is 95.6 Å². The highest BCUT2D eigenvalue weighted by Gasteiger charge is 2.76. The van der Waals surface area contributed by atoms with Gasteiger partial charge >= 0.3 is 47.8 Å². The van der Waals surface area contributed by atoms with E-state index in [0.717, 1.165) is 6.08 Å². The Kier molecular flexibility index (Phi) is 7.95. The molecule has 2 heterocycles. The van der Waals surface area contributed by atoms with Gasteiger partial charge < -0.3 is 38.6 Å². The molecule has 45 heavy (non-hydrogen) atoms. The van der Waals surface area contributed by atoms with Crippen LogP contribution in [0.25, 0.3) is 0 Å². The summed E-state index contributed by atoms with van der Waals surface area (Å²) in [6.07, 6.45) is -0.781. The standard InChI is InChI=1S/C15H16O8.C14H14O8/c1-6(2)12(17)21-5-9(16)22-10-7-3-8-11(10)23-14(20)15(8,4-7)13(18)19;1-2-8(15)20-5-9(16)21-10-6-3-7-11(10)22-13(19)14(7,4-6)12(17)18/h7-8,10-11H,1,3-5H2,2H3,(H,18,19);2,6-7,10-11H,1,3-5H2,(H,17,18). The van der Waals surface area contributed by atoms with Gasteiger partial charge in [0, 0.05) is 35.3 Å². The van der Waals surface area contributed by atoms with Crippen LogP contribution in [-0.2, 0) is 66.8 Å². The third-order valence-corrected chi connectivity index (χ3v) is 9.60. The minimum Gasteiger partial charge on any atom is -0.480 e. The average molecular weight is 635 g/mol. The molecule has 0 aromatic rings. The number of carboxylic acid groups (broad SMARTS) is 2. The Labute approximate surface area is 254 Å². The molecule has 0 aromatic heterocycles. The van der Waals surface area contributed by atoms with Crippen molar-refractivity contribution >= 4 is 47.8 Å². The molecule has 4 bridgehead atoms. The lowest BCUT2D eigenvalue weighted by atomic mass is 9.73. The molecule has 0 aromatic carbocycles. The highest BCUT2D eigenvalue weighted by molar-refractivity contribution is 6.03. The predicted octanol–water partition coefficient (Wildman–Crippen LogP) is -0.283. The summed E-state index contributed by atoms with van der Waals surface area (Å²) in [6.45, 7) is 6.91. The largest absolute Gasteiger partial charge is 0.480 e. The first kappa shape index (κ1) is 31.7. The van der Waals surface area contributed by atoms with E-state index in [2.05, 4.69) is 17.9 Å². The number of hydrogen-bond donors (Lipinski definition) is 2. The Hall–Kier alpha value is -4.76. The second-order valence-electron chi connectivity index (χ2n) is 12.0. The maximum absolute atomic E-state index is 12.0. The van der Waals surface area contributed by atoms with E-state index in [-0.39, 0.29) is 30.3 Å². The molecule has 2 saturated heterocycles. The first-order valence-electron chi connectivity index (χ1n) is 14.1. The molecule has 0 amide bonds. The SMILES string of the molecule is C=C(C)C(=O)OCC(=O)OC1C2CC3C1OC(=O)C3(C(=O)O)C2.C=CC(=O)OCC(=O)OC1C2CC3C1OC(=O)C3(C(=O)O)C2. The zero-order chi connectivity index (χ0) is 33.0. The quantitative estimate of drug-likeness (QED) is 0.136. The number of carbonyl (C=O) groups excluding carboxylic acids is 6. The fourth-order valence-electron chi connectivity index (χ4n) is 7.70. The van der Waals surface area contributed by atoms with Crippen molar-refractivity contribution in [1.29, 1.82) is 0 Å². The van der Waals surface area contributed by atoms with Crippen molar-refractivity contribution in [2.24, 2.45) is 34.5 Å². The van der Waals surface area contributed by atoms with Gasteiger partial charge in [-0.1, -0.05) is 13.2 Å². The fraction of sp³-hybridized carbons (Fsp3) is 0.586. The van der Waals surface area contributed by atoms with Gasteiger partial charge in [0.2, 0.25) is 0 Å². The minimum absolute atomic E-state index is 0.103. The number of carbonyl (C=O) groups is 8. The van der Waals surface area contributed by atoms with E-state index in [1.54, 1.807) is 0 Å². The summed E-state index contributed by atoms with van der Waals surface area (Å²) >= 11 is 0. The number of hydrogen-bond acceptors (Lipinski definition) is 14. The molecule has 4 saturated carbocycles. The predicted molar refractivity (Wildman–Crippen MR) is 139 cm³/mol. The van der Waals surface area contributed by atoms with Crippen LogP contribution >= 0.6 is 0 Å². The van der Waals surface area contributed by atoms with Crippen LogP contribution in [0.1, 0.15) is 32.6 Å². The van der Waals surface area contributed by atoms with E-state index in [1.807, 2.05) is 0 Å². The van der Waals surface area contributed by atoms with Crippen molar-refractivity contribution in [2.75, 3.05) is 13.2 Å². The van der Waals surface area contributed by atoms with Crippen LogP contribution in [0.15, 0.2) is 24.8 Å². The van der Waals surface area contributed by atoms with E-state index in [1.165, 1.54) is 6.92 Å². The molecule has 0 radical (unpaired) electrons. The Bertz CT molecular complexity index is 1410. The molecule has 6 fully saturated rings. The molecule has 6 rings (SSSR count). The lowest BCUT2D eigenvalue weighted by Crippen LogP contribution is -2.44. The fourth-order valence-corrected chi connectivity index (χ4v) is 7.70. The van der Waals surface area contributed by atoms with Gasteiger partial charge in [-0.3, -0.25) is 19.2 Å². The second kappa shape index (κ2) is 11.3. The lowest BCUT2D eigenvalue weighted by Gasteiger charge is -2.28. The van der Waals surface area contributed by atoms with Gasteiger partial charge in [0.05, 0.1) is 0 Å². The summed E-state index contributed by atoms with van der Waals surface area (Å²) in [5.74, 6) is -8.29. The third-order valence-electron chi connectivity index (χ3n) is 9.60. The maximum Gasteiger partial charge on any atom is 0.344 e. The molecule has 2 aliphatic heterocycles. The van der Waals surface area contributed by atoms with Gasteiger partial charge in [-0.15, -0.1) is 0 Å². The maximum atomic E-state index is 12.0. The molecule has 16 heteroatoms. The molecule has 0 spiro atoms. The third kappa shape index (κ3) is 4.91. The average Bonchev–Trinajstić information content (AvgIpc) is 3.78. The van der Waals surface area contributed by atoms with E-state index >= 15 is 0 Å². The van der Waals surface area contributed by atoms with Gasteiger partial charge in [0.25, 0.3) is 0 Å². The number of esters is 6. The summed E-state index contributed by atoms with van der Waals surface area (Å²) in [7, 11) is 0. The normalized spacial score (nSPS) is 37.0. The highest BCUT2D eigenvalue weighted by Crippen LogP contribution is 2.63. The minimum atomic E-state index is -1.50. The summed E-state index contributed by atoms with van der Waals surface area (Å²) in [5, 5.41) is 18.7. The highest BCUT2D eigenvalue weighted by atomic mass is 16.6. The van der Waals surface area contributed by atoms with E-state index in [9.17, 15) is 48.6 Å². The molecular weight excluding hydrogens is 604 g/mol. The van der Waals surface area contributed by atoms with Crippen molar-refractivity contribution in [2.45, 2.75) is 57.0 Å². The Morgan fingerprint density at radius 3 is 1.62 bits per heavy atom. The van der Waals surface area contributed by atoms with Crippen LogP contribution in [0.5, 0.6) is 0 Å². The zero-order valence-corrected chi connectivity index (χ0v) is 24.0. The van der Waals surface area contributed by atoms with Crippen molar-refractivity contribution < 1.29 is 77.0 Å². The number of fused-ring (bicyclic) bond motifs is 2. The van der Waals surface area contributed by atoms with Gasteiger partial charge in [-0.05, 0) is 32.6 Å². The van der Waals surface area contributed by atoms with Crippen LogP contribution < -0.4 is 0 Å². The van der Waals surface area contributed by atoms with E-state index in [4.69, 9.17) is 23.7 Å². The smallest absolute Gasteiger partial charge is 0.344 e. The summed E-state index contributed by atoms with van der Waals surface area (Å²) in [6, 6.07) is 0. The summed E-state index contributed by atoms with van der Waals surface area (Å²) in [5.41, 5.74) is -2.83. The van der Waals surface area contributed by atoms with Crippen LogP contribution in [0.3, 0.4) is 0 Å². The summed E-state index contributed by atoms with van der Waals surface area (Å²) in [4.78, 5) is 92.4. The molecular formula is C29H30O16. The van der Waals surface area contributed by atoms with Crippen LogP contribution in [0.4, 0.5) is 0 Å². The second-order valence-corrected chi connectivity index (χ2v) is 12.0. The number of aliphatic carboxylic acids is 2. The lowest BCUT2D eigenvalue weighted by molar-refractivity contribution is -0.168. The van der Waals surface area contributed by atoms with Crippen molar-refractivity contribution in [3.05, 3.63) is 24.8 Å². The van der Waals surface area contributed by atoms with Gasteiger partial charge in [0.1, 0.15) is 24.4 Å². The van der Waals surface area contributed by atoms with Crippen molar-refractivity contribution in [3.63, 3.8) is 0 Å².